The number of hydrogen-bond donors (Lipinski definition) is 2. The van der Waals surface area contributed by atoms with Crippen molar-refractivity contribution in [2.75, 3.05) is 6.54 Å². The lowest BCUT2D eigenvalue weighted by atomic mass is 10.0. The summed E-state index contributed by atoms with van der Waals surface area (Å²) < 4.78 is 27.7. The quantitative estimate of drug-likeness (QED) is 0.217. The van der Waals surface area contributed by atoms with Gasteiger partial charge in [0.25, 0.3) is 0 Å². The number of nitrogens with zero attached hydrogens (tertiary/aromatic N) is 1. The predicted octanol–water partition coefficient (Wildman–Crippen LogP) is 5.79. The summed E-state index contributed by atoms with van der Waals surface area (Å²) in [5.74, 6) is -0.392. The van der Waals surface area contributed by atoms with Gasteiger partial charge in [-0.3, -0.25) is 9.59 Å². The van der Waals surface area contributed by atoms with E-state index in [1.807, 2.05) is 42.5 Å². The van der Waals surface area contributed by atoms with Crippen LogP contribution < -0.4 is 10.0 Å². The Balaban J connectivity index is 1.54. The first-order chi connectivity index (χ1) is 19.8. The van der Waals surface area contributed by atoms with Gasteiger partial charge in [-0.15, -0.1) is 0 Å². The maximum atomic E-state index is 13.9. The third kappa shape index (κ3) is 9.15. The molecule has 2 amide bonds. The number of unbranched alkanes of at least 4 members (excludes halogenated alkanes) is 2. The molecule has 0 bridgehead atoms. The van der Waals surface area contributed by atoms with E-state index in [0.29, 0.717) is 18.0 Å². The molecule has 0 heterocycles. The number of rotatable bonds is 15. The topological polar surface area (TPSA) is 95.6 Å². The molecular weight excluding hydrogens is 558 g/mol. The molecule has 1 unspecified atom stereocenters. The van der Waals surface area contributed by atoms with Crippen molar-refractivity contribution in [2.24, 2.45) is 0 Å². The number of carbonyl (C=O) groups is 2. The Morgan fingerprint density at radius 1 is 0.927 bits per heavy atom. The van der Waals surface area contributed by atoms with Crippen molar-refractivity contribution in [1.29, 1.82) is 0 Å². The van der Waals surface area contributed by atoms with Crippen LogP contribution in [0.5, 0.6) is 0 Å². The van der Waals surface area contributed by atoms with Gasteiger partial charge in [-0.1, -0.05) is 86.0 Å². The van der Waals surface area contributed by atoms with Crippen LogP contribution >= 0.6 is 11.6 Å². The van der Waals surface area contributed by atoms with Crippen LogP contribution in [0, 0.1) is 0 Å². The second kappa shape index (κ2) is 14.6. The summed E-state index contributed by atoms with van der Waals surface area (Å²) >= 11 is 6.10. The molecule has 3 aromatic carbocycles. The van der Waals surface area contributed by atoms with Crippen LogP contribution in [0.2, 0.25) is 5.02 Å². The minimum atomic E-state index is -3.54. The largest absolute Gasteiger partial charge is 0.354 e. The predicted molar refractivity (Wildman–Crippen MR) is 162 cm³/mol. The smallest absolute Gasteiger partial charge is 0.247 e. The Morgan fingerprint density at radius 2 is 1.59 bits per heavy atom. The molecule has 1 atom stereocenters. The van der Waals surface area contributed by atoms with E-state index in [2.05, 4.69) is 17.0 Å². The fourth-order valence-electron chi connectivity index (χ4n) is 4.62. The van der Waals surface area contributed by atoms with Crippen LogP contribution in [-0.2, 0) is 32.6 Å². The molecule has 1 aliphatic carbocycles. The van der Waals surface area contributed by atoms with E-state index in [-0.39, 0.29) is 35.7 Å². The highest BCUT2D eigenvalue weighted by atomic mass is 35.5. The van der Waals surface area contributed by atoms with Gasteiger partial charge in [0.05, 0.1) is 4.90 Å². The number of halogens is 1. The lowest BCUT2D eigenvalue weighted by Crippen LogP contribution is -2.43. The molecule has 0 aliphatic heterocycles. The van der Waals surface area contributed by atoms with Gasteiger partial charge >= 0.3 is 0 Å². The number of benzene rings is 3. The molecule has 2 N–H and O–H groups in total. The maximum absolute atomic E-state index is 13.9. The molecule has 1 saturated carbocycles. The van der Waals surface area contributed by atoms with Crippen molar-refractivity contribution in [3.05, 3.63) is 101 Å². The summed E-state index contributed by atoms with van der Waals surface area (Å²) in [5, 5.41) is 3.64. The van der Waals surface area contributed by atoms with E-state index in [1.54, 1.807) is 41.3 Å². The average Bonchev–Trinajstić information content (AvgIpc) is 3.79. The molecule has 1 aliphatic rings. The number of sulfonamides is 1. The fraction of sp³-hybridized carbons (Fsp3) is 0.375. The first-order valence-corrected chi connectivity index (χ1v) is 16.1. The summed E-state index contributed by atoms with van der Waals surface area (Å²) in [6, 6.07) is 22.5. The van der Waals surface area contributed by atoms with Crippen LogP contribution in [0.25, 0.3) is 0 Å². The Morgan fingerprint density at radius 3 is 2.22 bits per heavy atom. The third-order valence-corrected chi connectivity index (χ3v) is 8.89. The molecule has 7 nitrogen and oxygen atoms in total. The van der Waals surface area contributed by atoms with Crippen molar-refractivity contribution in [2.45, 2.75) is 75.4 Å². The molecule has 4 rings (SSSR count). The number of nitrogens with one attached hydrogen (secondary N) is 2. The summed E-state index contributed by atoms with van der Waals surface area (Å²) in [7, 11) is -3.54. The van der Waals surface area contributed by atoms with Gasteiger partial charge < -0.3 is 10.2 Å². The summed E-state index contributed by atoms with van der Waals surface area (Å²) in [4.78, 5) is 29.3. The molecule has 1 fully saturated rings. The minimum Gasteiger partial charge on any atom is -0.354 e. The number of hydrogen-bond acceptors (Lipinski definition) is 4. The highest BCUT2D eigenvalue weighted by Crippen LogP contribution is 2.26. The first kappa shape index (κ1) is 30.8. The molecular formula is C32H38ClN3O4S. The molecule has 0 aromatic heterocycles. The van der Waals surface area contributed by atoms with Gasteiger partial charge in [0.1, 0.15) is 6.04 Å². The zero-order valence-corrected chi connectivity index (χ0v) is 25.0. The Hall–Kier alpha value is -3.20. The van der Waals surface area contributed by atoms with E-state index in [9.17, 15) is 18.0 Å². The Kier molecular flexibility index (Phi) is 11.0. The summed E-state index contributed by atoms with van der Waals surface area (Å²) in [5.41, 5.74) is 2.44. The first-order valence-electron chi connectivity index (χ1n) is 14.2. The number of aryl methyl sites for hydroxylation is 1. The van der Waals surface area contributed by atoms with Gasteiger partial charge in [0, 0.05) is 30.6 Å². The van der Waals surface area contributed by atoms with E-state index in [0.717, 1.165) is 48.8 Å². The van der Waals surface area contributed by atoms with E-state index < -0.39 is 16.1 Å². The second-order valence-electron chi connectivity index (χ2n) is 10.5. The highest BCUT2D eigenvalue weighted by molar-refractivity contribution is 7.89. The third-order valence-electron chi connectivity index (χ3n) is 7.10. The lowest BCUT2D eigenvalue weighted by molar-refractivity contribution is -0.141. The molecule has 41 heavy (non-hydrogen) atoms. The van der Waals surface area contributed by atoms with Crippen molar-refractivity contribution in [1.82, 2.24) is 14.9 Å². The van der Waals surface area contributed by atoms with Gasteiger partial charge in [-0.05, 0) is 66.6 Å². The summed E-state index contributed by atoms with van der Waals surface area (Å²) in [6.07, 6.45) is 5.23. The monoisotopic (exact) mass is 595 g/mol. The molecule has 218 valence electrons. The van der Waals surface area contributed by atoms with Crippen LogP contribution in [-0.4, -0.2) is 37.7 Å². The number of amides is 2. The molecule has 0 spiro atoms. The van der Waals surface area contributed by atoms with E-state index in [1.165, 1.54) is 0 Å². The fourth-order valence-corrected chi connectivity index (χ4v) is 6.05. The Bertz CT molecular complexity index is 1390. The van der Waals surface area contributed by atoms with Crippen LogP contribution in [0.3, 0.4) is 0 Å². The van der Waals surface area contributed by atoms with Crippen LogP contribution in [0.1, 0.15) is 68.2 Å². The van der Waals surface area contributed by atoms with Crippen molar-refractivity contribution >= 4 is 33.4 Å². The molecule has 0 saturated heterocycles. The van der Waals surface area contributed by atoms with Gasteiger partial charge in [-0.25, -0.2) is 13.1 Å². The van der Waals surface area contributed by atoms with Gasteiger partial charge in [0.15, 0.2) is 0 Å². The average molecular weight is 596 g/mol. The zero-order chi connectivity index (χ0) is 29.2. The van der Waals surface area contributed by atoms with Gasteiger partial charge in [-0.2, -0.15) is 0 Å². The molecule has 9 heteroatoms. The number of carbonyl (C=O) groups excluding carboxylic acids is 2. The van der Waals surface area contributed by atoms with Crippen LogP contribution in [0.4, 0.5) is 0 Å². The normalized spacial score (nSPS) is 13.9. The van der Waals surface area contributed by atoms with E-state index >= 15 is 0 Å². The minimum absolute atomic E-state index is 0.0327. The molecule has 3 aromatic rings. The van der Waals surface area contributed by atoms with Crippen LogP contribution in [0.15, 0.2) is 83.8 Å². The summed E-state index contributed by atoms with van der Waals surface area (Å²) in [6.45, 7) is 2.89. The highest BCUT2D eigenvalue weighted by Gasteiger charge is 2.31. The van der Waals surface area contributed by atoms with E-state index in [4.69, 9.17) is 11.6 Å². The lowest BCUT2D eigenvalue weighted by Gasteiger charge is -2.32. The zero-order valence-electron chi connectivity index (χ0n) is 23.4. The standard InChI is InChI=1S/C32H38ClN3O4S/c1-2-3-7-22-34-32(38)31(26-8-5-4-6-9-26)36(23-25-10-15-27(33)16-11-25)30(37)21-14-24-12-19-29(20-13-24)41(39,40)35-28-17-18-28/h4-6,8-13,15-16,19-20,28,31,35H,2-3,7,14,17-18,21-23H2,1H3,(H,34,38). The second-order valence-corrected chi connectivity index (χ2v) is 12.6. The molecule has 0 radical (unpaired) electrons. The maximum Gasteiger partial charge on any atom is 0.247 e. The van der Waals surface area contributed by atoms with Gasteiger partial charge in [0.2, 0.25) is 21.8 Å². The Labute approximate surface area is 248 Å². The van der Waals surface area contributed by atoms with Crippen molar-refractivity contribution in [3.63, 3.8) is 0 Å². The van der Waals surface area contributed by atoms with Crippen molar-refractivity contribution < 1.29 is 18.0 Å². The van der Waals surface area contributed by atoms with Crippen molar-refractivity contribution in [3.8, 4) is 0 Å². The SMILES string of the molecule is CCCCCNC(=O)C(c1ccccc1)N(Cc1ccc(Cl)cc1)C(=O)CCc1ccc(S(=O)(=O)NC2CC2)cc1.